The van der Waals surface area contributed by atoms with E-state index in [9.17, 15) is 4.79 Å². The molecule has 1 saturated carbocycles. The molecule has 36 heavy (non-hydrogen) atoms. The van der Waals surface area contributed by atoms with Crippen LogP contribution in [0, 0.1) is 0 Å². The largest absolute Gasteiger partial charge is 0.478 e. The highest BCUT2D eigenvalue weighted by Gasteiger charge is 2.42. The summed E-state index contributed by atoms with van der Waals surface area (Å²) >= 11 is 6.74. The van der Waals surface area contributed by atoms with Crippen LogP contribution in [-0.2, 0) is 12.1 Å². The molecule has 3 aliphatic rings. The Morgan fingerprint density at radius 1 is 1.28 bits per heavy atom. The number of carbonyl (C=O) groups excluding carboxylic acids is 1. The number of halogens is 1. The number of nitrogens with one attached hydrogen (secondary N) is 2. The minimum atomic E-state index is -0.309. The molecule has 8 nitrogen and oxygen atoms in total. The quantitative estimate of drug-likeness (QED) is 0.478. The van der Waals surface area contributed by atoms with Gasteiger partial charge in [-0.2, -0.15) is 4.98 Å². The van der Waals surface area contributed by atoms with Crippen LogP contribution in [0.15, 0.2) is 41.1 Å². The number of hydrogen-bond donors (Lipinski definition) is 2. The minimum absolute atomic E-state index is 0.194. The van der Waals surface area contributed by atoms with Gasteiger partial charge in [-0.3, -0.25) is 4.79 Å². The summed E-state index contributed by atoms with van der Waals surface area (Å²) < 4.78 is 17.7. The number of pyridine rings is 1. The third-order valence-electron chi connectivity index (χ3n) is 7.28. The van der Waals surface area contributed by atoms with E-state index < -0.39 is 0 Å². The van der Waals surface area contributed by atoms with Crippen LogP contribution in [0.4, 0.5) is 5.69 Å². The Bertz CT molecular complexity index is 1360. The van der Waals surface area contributed by atoms with Gasteiger partial charge in [0.2, 0.25) is 11.8 Å². The van der Waals surface area contributed by atoms with Crippen LogP contribution in [0.1, 0.15) is 60.7 Å². The number of benzene rings is 1. The SMILES string of the molecule is C=C1Nc2c(Cl)cc3cc(C(=O)N4CCOc5nc(OCC)ccc5C4)oc3c2C2(CCCCC2)N1. The minimum Gasteiger partial charge on any atom is -0.478 e. The third kappa shape index (κ3) is 3.84. The Morgan fingerprint density at radius 2 is 2.11 bits per heavy atom. The fourth-order valence-electron chi connectivity index (χ4n) is 5.69. The van der Waals surface area contributed by atoms with E-state index in [0.29, 0.717) is 48.7 Å². The summed E-state index contributed by atoms with van der Waals surface area (Å²) in [6, 6.07) is 7.35. The molecule has 2 N–H and O–H groups in total. The lowest BCUT2D eigenvalue weighted by Gasteiger charge is -2.44. The number of aromatic nitrogens is 1. The van der Waals surface area contributed by atoms with Crippen LogP contribution in [-0.4, -0.2) is 35.5 Å². The summed E-state index contributed by atoms with van der Waals surface area (Å²) in [6.45, 7) is 7.68. The van der Waals surface area contributed by atoms with Gasteiger partial charge in [-0.15, -0.1) is 0 Å². The van der Waals surface area contributed by atoms with E-state index in [1.165, 1.54) is 6.42 Å². The zero-order chi connectivity index (χ0) is 24.9. The lowest BCUT2D eigenvalue weighted by molar-refractivity contribution is 0.0703. The van der Waals surface area contributed by atoms with Gasteiger partial charge < -0.3 is 29.4 Å². The average Bonchev–Trinajstić information content (AvgIpc) is 3.16. The van der Waals surface area contributed by atoms with Gasteiger partial charge in [0.1, 0.15) is 12.2 Å². The number of rotatable bonds is 3. The van der Waals surface area contributed by atoms with Gasteiger partial charge in [0.15, 0.2) is 5.76 Å². The van der Waals surface area contributed by atoms with Crippen LogP contribution < -0.4 is 20.1 Å². The average molecular weight is 509 g/mol. The van der Waals surface area contributed by atoms with E-state index in [1.54, 1.807) is 17.0 Å². The molecule has 0 bridgehead atoms. The molecule has 4 heterocycles. The smallest absolute Gasteiger partial charge is 0.290 e. The topological polar surface area (TPSA) is 88.9 Å². The van der Waals surface area contributed by atoms with Crippen molar-refractivity contribution < 1.29 is 18.7 Å². The molecule has 1 aromatic carbocycles. The zero-order valence-corrected chi connectivity index (χ0v) is 21.0. The summed E-state index contributed by atoms with van der Waals surface area (Å²) in [4.78, 5) is 19.8. The van der Waals surface area contributed by atoms with Crippen LogP contribution in [0.25, 0.3) is 11.0 Å². The number of furan rings is 1. The van der Waals surface area contributed by atoms with Crippen molar-refractivity contribution in [3.63, 3.8) is 0 Å². The molecular weight excluding hydrogens is 480 g/mol. The first-order chi connectivity index (χ1) is 17.5. The summed E-state index contributed by atoms with van der Waals surface area (Å²) in [6.07, 6.45) is 5.32. The molecule has 1 spiro atoms. The molecule has 188 valence electrons. The van der Waals surface area contributed by atoms with Crippen LogP contribution >= 0.6 is 11.6 Å². The van der Waals surface area contributed by atoms with Crippen LogP contribution in [0.2, 0.25) is 5.02 Å². The van der Waals surface area contributed by atoms with Gasteiger partial charge >= 0.3 is 0 Å². The van der Waals surface area contributed by atoms with Gasteiger partial charge in [-0.1, -0.05) is 37.4 Å². The fourth-order valence-corrected chi connectivity index (χ4v) is 5.95. The summed E-state index contributed by atoms with van der Waals surface area (Å²) in [5, 5.41) is 8.30. The Morgan fingerprint density at radius 3 is 2.92 bits per heavy atom. The van der Waals surface area contributed by atoms with Crippen molar-refractivity contribution in [2.75, 3.05) is 25.1 Å². The Balaban J connectivity index is 1.37. The van der Waals surface area contributed by atoms with Gasteiger partial charge in [0, 0.05) is 22.6 Å². The van der Waals surface area contributed by atoms with Crippen molar-refractivity contribution in [2.24, 2.45) is 0 Å². The van der Waals surface area contributed by atoms with E-state index in [-0.39, 0.29) is 17.2 Å². The Hall–Kier alpha value is -3.39. The second-order valence-corrected chi connectivity index (χ2v) is 10.0. The highest BCUT2D eigenvalue weighted by Crippen LogP contribution is 2.50. The van der Waals surface area contributed by atoms with Crippen LogP contribution in [0.5, 0.6) is 11.8 Å². The molecule has 1 aliphatic carbocycles. The molecule has 3 aromatic rings. The lowest BCUT2D eigenvalue weighted by Crippen LogP contribution is -2.48. The number of ether oxygens (including phenoxy) is 2. The Kier molecular flexibility index (Phi) is 5.71. The Labute approximate surface area is 214 Å². The van der Waals surface area contributed by atoms with Gasteiger partial charge in [-0.25, -0.2) is 0 Å². The lowest BCUT2D eigenvalue weighted by atomic mass is 9.74. The van der Waals surface area contributed by atoms with E-state index in [2.05, 4.69) is 22.2 Å². The van der Waals surface area contributed by atoms with Crippen molar-refractivity contribution in [3.8, 4) is 11.8 Å². The molecular formula is C27H29ClN4O4. The number of nitrogens with zero attached hydrogens (tertiary/aromatic N) is 2. The maximum atomic E-state index is 13.6. The number of hydrogen-bond acceptors (Lipinski definition) is 7. The van der Waals surface area contributed by atoms with Gasteiger partial charge in [0.25, 0.3) is 5.91 Å². The van der Waals surface area contributed by atoms with Gasteiger partial charge in [0.05, 0.1) is 41.8 Å². The molecule has 0 unspecified atom stereocenters. The molecule has 1 fully saturated rings. The normalized spacial score (nSPS) is 18.5. The third-order valence-corrected chi connectivity index (χ3v) is 7.57. The van der Waals surface area contributed by atoms with E-state index >= 15 is 0 Å². The maximum absolute atomic E-state index is 13.6. The highest BCUT2D eigenvalue weighted by molar-refractivity contribution is 6.34. The number of carbonyl (C=O) groups is 1. The monoisotopic (exact) mass is 508 g/mol. The summed E-state index contributed by atoms with van der Waals surface area (Å²) in [7, 11) is 0. The molecule has 0 saturated heterocycles. The van der Waals surface area contributed by atoms with E-state index in [1.807, 2.05) is 19.1 Å². The second-order valence-electron chi connectivity index (χ2n) is 9.63. The molecule has 1 amide bonds. The standard InChI is InChI=1S/C27H29ClN4O4/c1-3-34-21-8-7-17-15-32(11-12-35-25(17)30-21)26(33)20-14-18-13-19(28)23-22(24(18)36-20)27(31-16(2)29-23)9-5-4-6-10-27/h7-8,13-14,29,31H,2-6,9-12,15H2,1H3. The van der Waals surface area contributed by atoms with Gasteiger partial charge in [-0.05, 0) is 38.0 Å². The first-order valence-corrected chi connectivity index (χ1v) is 12.9. The number of amides is 1. The second kappa shape index (κ2) is 8.92. The zero-order valence-electron chi connectivity index (χ0n) is 20.3. The first-order valence-electron chi connectivity index (χ1n) is 12.5. The predicted molar refractivity (Wildman–Crippen MR) is 138 cm³/mol. The molecule has 2 aliphatic heterocycles. The molecule has 2 aromatic heterocycles. The fraction of sp³-hybridized carbons (Fsp3) is 0.407. The van der Waals surface area contributed by atoms with Crippen molar-refractivity contribution in [1.82, 2.24) is 15.2 Å². The van der Waals surface area contributed by atoms with Crippen molar-refractivity contribution in [2.45, 2.75) is 51.1 Å². The molecule has 0 radical (unpaired) electrons. The molecule has 6 rings (SSSR count). The summed E-state index contributed by atoms with van der Waals surface area (Å²) in [5.41, 5.74) is 3.02. The summed E-state index contributed by atoms with van der Waals surface area (Å²) in [5.74, 6) is 1.83. The number of fused-ring (bicyclic) bond motifs is 5. The molecule has 9 heteroatoms. The molecule has 0 atom stereocenters. The number of anilines is 1. The predicted octanol–water partition coefficient (Wildman–Crippen LogP) is 5.56. The first kappa shape index (κ1) is 23.0. The van der Waals surface area contributed by atoms with Crippen molar-refractivity contribution >= 4 is 34.2 Å². The van der Waals surface area contributed by atoms with Crippen molar-refractivity contribution in [3.05, 3.63) is 58.6 Å². The highest BCUT2D eigenvalue weighted by atomic mass is 35.5. The van der Waals surface area contributed by atoms with Crippen LogP contribution in [0.3, 0.4) is 0 Å². The van der Waals surface area contributed by atoms with E-state index in [0.717, 1.165) is 53.7 Å². The maximum Gasteiger partial charge on any atom is 0.290 e. The van der Waals surface area contributed by atoms with E-state index in [4.69, 9.17) is 25.5 Å². The van der Waals surface area contributed by atoms with Crippen molar-refractivity contribution in [1.29, 1.82) is 0 Å².